The molecule has 1 aromatic heterocycles. The quantitative estimate of drug-likeness (QED) is 0.0605. The number of nitrogens with zero attached hydrogens (tertiary/aromatic N) is 2. The zero-order valence-electron chi connectivity index (χ0n) is 27.3. The number of benzene rings is 4. The molecule has 0 radical (unpaired) electrons. The van der Waals surface area contributed by atoms with E-state index in [-0.39, 0.29) is 31.1 Å². The highest BCUT2D eigenvalue weighted by Crippen LogP contribution is 2.39. The molecule has 0 aliphatic carbocycles. The highest BCUT2D eigenvalue weighted by Gasteiger charge is 2.33. The lowest BCUT2D eigenvalue weighted by molar-refractivity contribution is -0.252. The summed E-state index contributed by atoms with van der Waals surface area (Å²) in [4.78, 5) is 28.1. The number of hydrogen-bond acceptors (Lipinski definition) is 7. The van der Waals surface area contributed by atoms with Crippen LogP contribution in [0.5, 0.6) is 0 Å². The van der Waals surface area contributed by atoms with Gasteiger partial charge in [-0.15, -0.1) is 0 Å². The number of amides is 2. The maximum Gasteiger partial charge on any atom is 0.243 e. The molecule has 2 amide bonds. The van der Waals surface area contributed by atoms with Crippen LogP contribution >= 0.6 is 0 Å². The molecule has 10 nitrogen and oxygen atoms in total. The summed E-state index contributed by atoms with van der Waals surface area (Å²) in [5.41, 5.74) is 9.43. The van der Waals surface area contributed by atoms with E-state index in [1.807, 2.05) is 79.1 Å². The molecule has 254 valence electrons. The molecule has 0 spiro atoms. The van der Waals surface area contributed by atoms with Gasteiger partial charge in [0.15, 0.2) is 6.29 Å². The Morgan fingerprint density at radius 1 is 0.796 bits per heavy atom. The van der Waals surface area contributed by atoms with Gasteiger partial charge in [0.1, 0.15) is 0 Å². The van der Waals surface area contributed by atoms with E-state index < -0.39 is 12.2 Å². The number of rotatable bonds is 14. The molecule has 1 fully saturated rings. The summed E-state index contributed by atoms with van der Waals surface area (Å²) >= 11 is 0. The van der Waals surface area contributed by atoms with Crippen molar-refractivity contribution in [1.82, 2.24) is 20.3 Å². The van der Waals surface area contributed by atoms with Crippen molar-refractivity contribution in [2.45, 2.75) is 76.7 Å². The normalized spacial score (nSPS) is 17.6. The number of aromatic nitrogens is 2. The van der Waals surface area contributed by atoms with Crippen molar-refractivity contribution in [3.05, 3.63) is 126 Å². The van der Waals surface area contributed by atoms with Crippen molar-refractivity contribution >= 4 is 22.8 Å². The van der Waals surface area contributed by atoms with Crippen LogP contribution in [0.25, 0.3) is 22.2 Å². The molecule has 2 heterocycles. The monoisotopic (exact) mass is 662 g/mol. The predicted octanol–water partition coefficient (Wildman–Crippen LogP) is 6.51. The van der Waals surface area contributed by atoms with Crippen molar-refractivity contribution in [3.63, 3.8) is 0 Å². The van der Waals surface area contributed by atoms with Crippen LogP contribution in [0.3, 0.4) is 0 Å². The molecule has 0 unspecified atom stereocenters. The Kier molecular flexibility index (Phi) is 11.4. The lowest BCUT2D eigenvalue weighted by Gasteiger charge is -2.36. The Morgan fingerprint density at radius 3 is 2.35 bits per heavy atom. The van der Waals surface area contributed by atoms with Crippen LogP contribution in [0.4, 0.5) is 0 Å². The van der Waals surface area contributed by atoms with Crippen molar-refractivity contribution in [2.24, 2.45) is 0 Å². The third-order valence-electron chi connectivity index (χ3n) is 8.88. The Hall–Kier alpha value is -4.87. The van der Waals surface area contributed by atoms with Gasteiger partial charge in [0.25, 0.3) is 0 Å². The van der Waals surface area contributed by atoms with Gasteiger partial charge >= 0.3 is 0 Å². The Morgan fingerprint density at radius 2 is 1.55 bits per heavy atom. The molecule has 4 aromatic carbocycles. The van der Waals surface area contributed by atoms with Crippen LogP contribution < -0.4 is 10.8 Å². The van der Waals surface area contributed by atoms with E-state index in [0.717, 1.165) is 50.8 Å². The second-order valence-electron chi connectivity index (χ2n) is 12.4. The van der Waals surface area contributed by atoms with Crippen LogP contribution in [0, 0.1) is 0 Å². The average molecular weight is 663 g/mol. The topological polar surface area (TPSA) is 135 Å². The first-order chi connectivity index (χ1) is 24.0. The fourth-order valence-corrected chi connectivity index (χ4v) is 6.23. The summed E-state index contributed by atoms with van der Waals surface area (Å²) in [5, 5.41) is 21.1. The third kappa shape index (κ3) is 8.98. The smallest absolute Gasteiger partial charge is 0.243 e. The third-order valence-corrected chi connectivity index (χ3v) is 8.88. The van der Waals surface area contributed by atoms with Gasteiger partial charge < -0.3 is 24.5 Å². The minimum Gasteiger partial charge on any atom is -0.392 e. The van der Waals surface area contributed by atoms with Crippen LogP contribution in [-0.4, -0.2) is 37.8 Å². The van der Waals surface area contributed by atoms with E-state index in [1.54, 1.807) is 5.48 Å². The lowest BCUT2D eigenvalue weighted by atomic mass is 9.98. The molecule has 49 heavy (non-hydrogen) atoms. The predicted molar refractivity (Wildman–Crippen MR) is 185 cm³/mol. The summed E-state index contributed by atoms with van der Waals surface area (Å²) in [6.45, 7) is 1.03. The van der Waals surface area contributed by atoms with E-state index in [1.165, 1.54) is 0 Å². The van der Waals surface area contributed by atoms with E-state index in [9.17, 15) is 14.7 Å². The number of carbonyl (C=O) groups excluding carboxylic acids is 2. The van der Waals surface area contributed by atoms with E-state index in [0.29, 0.717) is 38.8 Å². The zero-order valence-corrected chi connectivity index (χ0v) is 27.3. The van der Waals surface area contributed by atoms with Crippen LogP contribution in [0.1, 0.15) is 73.2 Å². The van der Waals surface area contributed by atoms with Crippen LogP contribution in [0.15, 0.2) is 103 Å². The fraction of sp³-hybridized carbons (Fsp3) is 0.308. The largest absolute Gasteiger partial charge is 0.392 e. The molecule has 3 atom stereocenters. The Bertz CT molecular complexity index is 1860. The van der Waals surface area contributed by atoms with Gasteiger partial charge in [-0.25, -0.2) is 10.5 Å². The molecule has 0 bridgehead atoms. The number of fused-ring (bicyclic) bond motifs is 1. The number of nitrogens with one attached hydrogen (secondary N) is 2. The van der Waals surface area contributed by atoms with Crippen molar-refractivity contribution in [1.29, 1.82) is 0 Å². The first-order valence-electron chi connectivity index (χ1n) is 16.8. The first kappa shape index (κ1) is 34.0. The van der Waals surface area contributed by atoms with Crippen molar-refractivity contribution in [3.8, 4) is 11.1 Å². The Labute approximate surface area is 285 Å². The van der Waals surface area contributed by atoms with Gasteiger partial charge in [0.2, 0.25) is 11.8 Å². The number of imidazole rings is 1. The highest BCUT2D eigenvalue weighted by molar-refractivity contribution is 5.76. The zero-order chi connectivity index (χ0) is 34.0. The van der Waals surface area contributed by atoms with Crippen molar-refractivity contribution < 1.29 is 29.4 Å². The number of unbranched alkanes of at least 4 members (excludes halogenated alkanes) is 2. The van der Waals surface area contributed by atoms with Gasteiger partial charge in [0, 0.05) is 31.4 Å². The molecule has 10 heteroatoms. The van der Waals surface area contributed by atoms with Gasteiger partial charge in [-0.3, -0.25) is 14.8 Å². The molecule has 5 aromatic rings. The molecule has 4 N–H and O–H groups in total. The second-order valence-corrected chi connectivity index (χ2v) is 12.4. The molecule has 6 rings (SSSR count). The minimum absolute atomic E-state index is 0.0106. The molecular formula is C39H42N4O6. The Balaban J connectivity index is 1.14. The van der Waals surface area contributed by atoms with Gasteiger partial charge in [-0.2, -0.15) is 0 Å². The number of hydrogen-bond donors (Lipinski definition) is 4. The SMILES string of the molecule is O=C(CCCCCC(=O)NCc1cccc(-c2cccc([C@H]3O[C@@H](Cn4cnc5ccccc54)C[C@@H](c4ccc(CO)cc4)O3)c2)c1)NO. The maximum absolute atomic E-state index is 12.4. The average Bonchev–Trinajstić information content (AvgIpc) is 3.56. The number of aliphatic hydroxyl groups is 1. The summed E-state index contributed by atoms with van der Waals surface area (Å²) in [6.07, 6.45) is 4.24. The van der Waals surface area contributed by atoms with Crippen LogP contribution in [0.2, 0.25) is 0 Å². The summed E-state index contributed by atoms with van der Waals surface area (Å²) in [7, 11) is 0. The number of para-hydroxylation sites is 2. The second kappa shape index (κ2) is 16.5. The number of aliphatic hydroxyl groups excluding tert-OH is 1. The molecule has 1 saturated heterocycles. The first-order valence-corrected chi connectivity index (χ1v) is 16.8. The van der Waals surface area contributed by atoms with E-state index in [2.05, 4.69) is 39.1 Å². The standard InChI is InChI=1S/C39H42N4O6/c44-25-27-16-18-29(19-17-27)36-22-33(24-43-26-41-34-12-4-5-13-35(34)43)48-39(49-36)32-11-7-10-31(21-32)30-9-6-8-28(20-30)23-40-37(45)14-2-1-3-15-38(46)42-47/h4-13,16-21,26,33,36,39,44,47H,1-3,14-15,22-25H2,(H,40,45)(H,42,46)/t33-,36+,39+/m1/s1. The molecule has 1 aliphatic rings. The van der Waals surface area contributed by atoms with Gasteiger partial charge in [-0.05, 0) is 64.9 Å². The van der Waals surface area contributed by atoms with E-state index in [4.69, 9.17) is 14.7 Å². The minimum atomic E-state index is -0.600. The highest BCUT2D eigenvalue weighted by atomic mass is 16.7. The molecule has 0 saturated carbocycles. The molecule has 1 aliphatic heterocycles. The van der Waals surface area contributed by atoms with Crippen LogP contribution in [-0.2, 0) is 38.8 Å². The van der Waals surface area contributed by atoms with Crippen molar-refractivity contribution in [2.75, 3.05) is 0 Å². The summed E-state index contributed by atoms with van der Waals surface area (Å²) in [5.74, 6) is -0.448. The summed E-state index contributed by atoms with van der Waals surface area (Å²) < 4.78 is 15.4. The van der Waals surface area contributed by atoms with Gasteiger partial charge in [0.05, 0.1) is 42.7 Å². The maximum atomic E-state index is 12.4. The summed E-state index contributed by atoms with van der Waals surface area (Å²) in [6, 6.07) is 32.3. The number of ether oxygens (including phenoxy) is 2. The van der Waals surface area contributed by atoms with Gasteiger partial charge in [-0.1, -0.05) is 79.2 Å². The number of carbonyl (C=O) groups is 2. The number of hydroxylamine groups is 1. The lowest BCUT2D eigenvalue weighted by Crippen LogP contribution is -2.32. The molecular weight excluding hydrogens is 620 g/mol. The van der Waals surface area contributed by atoms with E-state index >= 15 is 0 Å². The fourth-order valence-electron chi connectivity index (χ4n) is 6.23.